The number of carbonyl (C=O) groups is 1. The highest BCUT2D eigenvalue weighted by molar-refractivity contribution is 5.85. The molecule has 0 saturated carbocycles. The lowest BCUT2D eigenvalue weighted by Gasteiger charge is -2.23. The molecule has 7 heteroatoms. The molecule has 128 valence electrons. The zero-order valence-corrected chi connectivity index (χ0v) is 15.1. The maximum atomic E-state index is 12.2. The fourth-order valence-corrected chi connectivity index (χ4v) is 1.97. The molecule has 2 aromatic rings. The molecule has 1 unspecified atom stereocenters. The Hall–Kier alpha value is -1.56. The number of benzene rings is 1. The first-order chi connectivity index (χ1) is 10.0. The van der Waals surface area contributed by atoms with Gasteiger partial charge in [-0.2, -0.15) is 0 Å². The van der Waals surface area contributed by atoms with Crippen molar-refractivity contribution in [3.8, 4) is 11.5 Å². The summed E-state index contributed by atoms with van der Waals surface area (Å²) in [6.45, 7) is 4.19. The van der Waals surface area contributed by atoms with Crippen molar-refractivity contribution in [2.24, 2.45) is 5.73 Å². The molecule has 1 aromatic heterocycles. The van der Waals surface area contributed by atoms with Crippen molar-refractivity contribution in [2.45, 2.75) is 26.3 Å². The van der Waals surface area contributed by atoms with Crippen LogP contribution in [0, 0.1) is 6.92 Å². The molecule has 0 bridgehead atoms. The number of likely N-dealkylation sites (N-methyl/N-ethyl adjacent to an activating group) is 1. The quantitative estimate of drug-likeness (QED) is 0.890. The summed E-state index contributed by atoms with van der Waals surface area (Å²) in [6.07, 6.45) is 0.225. The zero-order chi connectivity index (χ0) is 15.4. The van der Waals surface area contributed by atoms with Crippen LogP contribution in [0.3, 0.4) is 0 Å². The van der Waals surface area contributed by atoms with Crippen LogP contribution < -0.4 is 5.73 Å². The van der Waals surface area contributed by atoms with Crippen LogP contribution in [0.25, 0.3) is 11.5 Å². The van der Waals surface area contributed by atoms with Gasteiger partial charge >= 0.3 is 0 Å². The van der Waals surface area contributed by atoms with Gasteiger partial charge in [-0.1, -0.05) is 18.2 Å². The number of amides is 1. The van der Waals surface area contributed by atoms with Gasteiger partial charge in [-0.25, -0.2) is 4.98 Å². The van der Waals surface area contributed by atoms with Crippen molar-refractivity contribution in [3.05, 3.63) is 41.8 Å². The van der Waals surface area contributed by atoms with Gasteiger partial charge in [0, 0.05) is 25.2 Å². The molecular formula is C16H23Cl2N3O2. The van der Waals surface area contributed by atoms with E-state index in [1.165, 1.54) is 0 Å². The van der Waals surface area contributed by atoms with Crippen LogP contribution in [0.5, 0.6) is 0 Å². The molecular weight excluding hydrogens is 337 g/mol. The number of carbonyl (C=O) groups excluding carboxylic acids is 1. The van der Waals surface area contributed by atoms with Crippen molar-refractivity contribution < 1.29 is 9.21 Å². The van der Waals surface area contributed by atoms with Gasteiger partial charge in [0.15, 0.2) is 0 Å². The Labute approximate surface area is 149 Å². The first kappa shape index (κ1) is 21.4. The molecule has 0 aliphatic rings. The molecule has 0 fully saturated rings. The van der Waals surface area contributed by atoms with Gasteiger partial charge in [0.25, 0.3) is 0 Å². The maximum Gasteiger partial charge on any atom is 0.228 e. The Morgan fingerprint density at radius 2 is 1.91 bits per heavy atom. The summed E-state index contributed by atoms with van der Waals surface area (Å²) < 4.78 is 5.66. The van der Waals surface area contributed by atoms with Gasteiger partial charge in [-0.05, 0) is 26.0 Å². The van der Waals surface area contributed by atoms with Crippen molar-refractivity contribution in [3.63, 3.8) is 0 Å². The minimum absolute atomic E-state index is 0. The highest BCUT2D eigenvalue weighted by Gasteiger charge is 2.19. The normalized spacial score (nSPS) is 11.1. The lowest BCUT2D eigenvalue weighted by molar-refractivity contribution is -0.130. The molecule has 5 nitrogen and oxygen atoms in total. The minimum Gasteiger partial charge on any atom is -0.441 e. The Balaban J connectivity index is 0.00000242. The largest absolute Gasteiger partial charge is 0.441 e. The molecule has 0 aliphatic heterocycles. The number of aryl methyl sites for hydroxylation is 1. The SMILES string of the molecule is Cc1oc(-c2ccccc2)nc1CC(=O)N(C)C(C)CN.Cl.Cl. The lowest BCUT2D eigenvalue weighted by atomic mass is 10.2. The van der Waals surface area contributed by atoms with E-state index < -0.39 is 0 Å². The van der Waals surface area contributed by atoms with Crippen molar-refractivity contribution in [2.75, 3.05) is 13.6 Å². The van der Waals surface area contributed by atoms with E-state index in [1.54, 1.807) is 11.9 Å². The number of hydrogen-bond acceptors (Lipinski definition) is 4. The summed E-state index contributed by atoms with van der Waals surface area (Å²) in [5.41, 5.74) is 7.17. The van der Waals surface area contributed by atoms with Crippen LogP contribution in [0.4, 0.5) is 0 Å². The molecule has 1 heterocycles. The van der Waals surface area contributed by atoms with Crippen LogP contribution >= 0.6 is 24.8 Å². The smallest absolute Gasteiger partial charge is 0.228 e. The molecule has 0 saturated heterocycles. The Kier molecular flexibility index (Phi) is 8.90. The average Bonchev–Trinajstić information content (AvgIpc) is 2.87. The van der Waals surface area contributed by atoms with Crippen LogP contribution in [0.15, 0.2) is 34.7 Å². The van der Waals surface area contributed by atoms with Gasteiger partial charge < -0.3 is 15.1 Å². The van der Waals surface area contributed by atoms with E-state index in [4.69, 9.17) is 10.2 Å². The highest BCUT2D eigenvalue weighted by Crippen LogP contribution is 2.21. The highest BCUT2D eigenvalue weighted by atomic mass is 35.5. The summed E-state index contributed by atoms with van der Waals surface area (Å²) in [7, 11) is 1.76. The van der Waals surface area contributed by atoms with Crippen LogP contribution in [-0.2, 0) is 11.2 Å². The summed E-state index contributed by atoms with van der Waals surface area (Å²) >= 11 is 0. The first-order valence-corrected chi connectivity index (χ1v) is 7.00. The number of nitrogens with two attached hydrogens (primary N) is 1. The molecule has 2 rings (SSSR count). The van der Waals surface area contributed by atoms with Gasteiger partial charge in [0.2, 0.25) is 11.8 Å². The van der Waals surface area contributed by atoms with E-state index in [-0.39, 0.29) is 43.2 Å². The molecule has 1 atom stereocenters. The summed E-state index contributed by atoms with van der Waals surface area (Å²) in [5.74, 6) is 1.21. The molecule has 0 spiro atoms. The third kappa shape index (κ3) is 5.23. The molecule has 2 N–H and O–H groups in total. The molecule has 0 aliphatic carbocycles. The van der Waals surface area contributed by atoms with E-state index in [0.717, 1.165) is 5.56 Å². The predicted octanol–water partition coefficient (Wildman–Crippen LogP) is 2.84. The fourth-order valence-electron chi connectivity index (χ4n) is 1.97. The van der Waals surface area contributed by atoms with Gasteiger partial charge in [-0.3, -0.25) is 4.79 Å². The van der Waals surface area contributed by atoms with Crippen molar-refractivity contribution >= 4 is 30.7 Å². The van der Waals surface area contributed by atoms with Crippen LogP contribution in [0.1, 0.15) is 18.4 Å². The Morgan fingerprint density at radius 3 is 2.48 bits per heavy atom. The Morgan fingerprint density at radius 1 is 1.30 bits per heavy atom. The monoisotopic (exact) mass is 359 g/mol. The number of aromatic nitrogens is 1. The number of oxazole rings is 1. The third-order valence-electron chi connectivity index (χ3n) is 3.63. The Bertz CT molecular complexity index is 617. The third-order valence-corrected chi connectivity index (χ3v) is 3.63. The topological polar surface area (TPSA) is 72.4 Å². The summed E-state index contributed by atoms with van der Waals surface area (Å²) in [6, 6.07) is 9.66. The second kappa shape index (κ2) is 9.55. The second-order valence-electron chi connectivity index (χ2n) is 5.15. The molecule has 23 heavy (non-hydrogen) atoms. The number of halogens is 2. The van der Waals surface area contributed by atoms with E-state index in [0.29, 0.717) is 23.9 Å². The minimum atomic E-state index is -0.0102. The standard InChI is InChI=1S/C16H21N3O2.2ClH/c1-11(10-17)19(3)15(20)9-14-12(2)21-16(18-14)13-7-5-4-6-8-13;;/h4-8,11H,9-10,17H2,1-3H3;2*1H. The first-order valence-electron chi connectivity index (χ1n) is 7.00. The second-order valence-corrected chi connectivity index (χ2v) is 5.15. The van der Waals surface area contributed by atoms with E-state index in [9.17, 15) is 4.79 Å². The number of hydrogen-bond donors (Lipinski definition) is 1. The molecule has 0 radical (unpaired) electrons. The fraction of sp³-hybridized carbons (Fsp3) is 0.375. The number of nitrogens with zero attached hydrogens (tertiary/aromatic N) is 2. The van der Waals surface area contributed by atoms with Crippen molar-refractivity contribution in [1.29, 1.82) is 0 Å². The van der Waals surface area contributed by atoms with Gasteiger partial charge in [0.1, 0.15) is 5.76 Å². The lowest BCUT2D eigenvalue weighted by Crippen LogP contribution is -2.40. The van der Waals surface area contributed by atoms with Gasteiger partial charge in [0.05, 0.1) is 12.1 Å². The summed E-state index contributed by atoms with van der Waals surface area (Å²) in [4.78, 5) is 18.3. The molecule has 1 aromatic carbocycles. The van der Waals surface area contributed by atoms with Crippen LogP contribution in [0.2, 0.25) is 0 Å². The maximum absolute atomic E-state index is 12.2. The van der Waals surface area contributed by atoms with E-state index in [1.807, 2.05) is 44.2 Å². The summed E-state index contributed by atoms with van der Waals surface area (Å²) in [5, 5.41) is 0. The van der Waals surface area contributed by atoms with E-state index in [2.05, 4.69) is 4.98 Å². The zero-order valence-electron chi connectivity index (χ0n) is 13.5. The van der Waals surface area contributed by atoms with Crippen LogP contribution in [-0.4, -0.2) is 35.4 Å². The van der Waals surface area contributed by atoms with E-state index >= 15 is 0 Å². The number of rotatable bonds is 5. The van der Waals surface area contributed by atoms with Gasteiger partial charge in [-0.15, -0.1) is 24.8 Å². The predicted molar refractivity (Wildman–Crippen MR) is 96.2 cm³/mol. The van der Waals surface area contributed by atoms with Crippen molar-refractivity contribution in [1.82, 2.24) is 9.88 Å². The molecule has 1 amide bonds. The average molecular weight is 360 g/mol.